The molecule has 0 aliphatic heterocycles. The summed E-state index contributed by atoms with van der Waals surface area (Å²) in [7, 11) is 0. The maximum absolute atomic E-state index is 5.32. The van der Waals surface area contributed by atoms with Gasteiger partial charge in [0.05, 0.1) is 11.0 Å². The van der Waals surface area contributed by atoms with Gasteiger partial charge in [-0.05, 0) is 58.9 Å². The van der Waals surface area contributed by atoms with Gasteiger partial charge in [0, 0.05) is 10.1 Å². The van der Waals surface area contributed by atoms with Crippen LogP contribution >= 0.6 is 34.8 Å². The quantitative estimate of drug-likeness (QED) is 0.652. The molecule has 80 valence electrons. The molecule has 15 heavy (non-hydrogen) atoms. The fourth-order valence-corrected chi connectivity index (χ4v) is 2.46. The first-order valence-corrected chi connectivity index (χ1v) is 6.44. The number of halogens is 1. The van der Waals surface area contributed by atoms with E-state index in [9.17, 15) is 0 Å². The largest absolute Gasteiger partial charge is 0.331 e. The van der Waals surface area contributed by atoms with Gasteiger partial charge in [-0.1, -0.05) is 13.8 Å². The lowest BCUT2D eigenvalue weighted by molar-refractivity contribution is 0.529. The summed E-state index contributed by atoms with van der Waals surface area (Å²) in [6.45, 7) is 5.38. The van der Waals surface area contributed by atoms with Crippen molar-refractivity contribution in [1.82, 2.24) is 9.55 Å². The van der Waals surface area contributed by atoms with Crippen LogP contribution in [-0.2, 0) is 6.54 Å². The molecule has 0 aliphatic carbocycles. The van der Waals surface area contributed by atoms with Crippen LogP contribution in [0.2, 0.25) is 0 Å². The van der Waals surface area contributed by atoms with Crippen LogP contribution in [0, 0.1) is 14.3 Å². The van der Waals surface area contributed by atoms with E-state index in [2.05, 4.69) is 64.2 Å². The number of aromatic nitrogens is 2. The lowest BCUT2D eigenvalue weighted by Crippen LogP contribution is -2.03. The number of fused-ring (bicyclic) bond motifs is 1. The number of imidazole rings is 1. The van der Waals surface area contributed by atoms with E-state index in [0.29, 0.717) is 5.92 Å². The lowest BCUT2D eigenvalue weighted by Gasteiger charge is -2.07. The van der Waals surface area contributed by atoms with Gasteiger partial charge in [0.2, 0.25) is 0 Å². The molecule has 0 aliphatic rings. The Hall–Kier alpha value is -0.360. The number of rotatable bonds is 2. The fraction of sp³-hybridized carbons (Fsp3) is 0.364. The smallest absolute Gasteiger partial charge is 0.178 e. The Morgan fingerprint density at radius 2 is 2.20 bits per heavy atom. The van der Waals surface area contributed by atoms with E-state index >= 15 is 0 Å². The molecule has 0 saturated heterocycles. The Balaban J connectivity index is 2.63. The molecule has 0 amide bonds. The molecule has 1 N–H and O–H groups in total. The molecule has 2 rings (SSSR count). The molecule has 1 aromatic heterocycles. The van der Waals surface area contributed by atoms with E-state index in [1.165, 1.54) is 9.09 Å². The van der Waals surface area contributed by atoms with Gasteiger partial charge in [-0.15, -0.1) is 0 Å². The summed E-state index contributed by atoms with van der Waals surface area (Å²) < 4.78 is 4.22. The number of hydrogen-bond acceptors (Lipinski definition) is 1. The van der Waals surface area contributed by atoms with Crippen molar-refractivity contribution in [1.29, 1.82) is 0 Å². The lowest BCUT2D eigenvalue weighted by atomic mass is 10.2. The maximum atomic E-state index is 5.32. The van der Waals surface area contributed by atoms with Crippen molar-refractivity contribution < 1.29 is 0 Å². The average Bonchev–Trinajstić information content (AvgIpc) is 2.41. The first-order chi connectivity index (χ1) is 7.08. The fourth-order valence-electron chi connectivity index (χ4n) is 1.68. The molecule has 4 heteroatoms. The van der Waals surface area contributed by atoms with Gasteiger partial charge in [-0.2, -0.15) is 0 Å². The van der Waals surface area contributed by atoms with E-state index in [1.54, 1.807) is 0 Å². The molecule has 0 unspecified atom stereocenters. The predicted molar refractivity (Wildman–Crippen MR) is 74.7 cm³/mol. The highest BCUT2D eigenvalue weighted by Gasteiger charge is 2.05. The third-order valence-electron chi connectivity index (χ3n) is 2.28. The molecule has 0 spiro atoms. The SMILES string of the molecule is CC(C)Cn1c(=S)[nH]c2cc(I)ccc21. The van der Waals surface area contributed by atoms with Crippen molar-refractivity contribution >= 4 is 45.8 Å². The van der Waals surface area contributed by atoms with Crippen LogP contribution < -0.4 is 0 Å². The van der Waals surface area contributed by atoms with Crippen LogP contribution in [0.1, 0.15) is 13.8 Å². The third kappa shape index (κ3) is 2.25. The Morgan fingerprint density at radius 1 is 1.47 bits per heavy atom. The summed E-state index contributed by atoms with van der Waals surface area (Å²) in [4.78, 5) is 3.25. The number of nitrogens with one attached hydrogen (secondary N) is 1. The topological polar surface area (TPSA) is 20.7 Å². The first-order valence-electron chi connectivity index (χ1n) is 4.96. The number of aromatic amines is 1. The van der Waals surface area contributed by atoms with E-state index in [1.807, 2.05) is 0 Å². The maximum Gasteiger partial charge on any atom is 0.178 e. The Morgan fingerprint density at radius 3 is 2.87 bits per heavy atom. The zero-order valence-electron chi connectivity index (χ0n) is 8.75. The highest BCUT2D eigenvalue weighted by atomic mass is 127. The van der Waals surface area contributed by atoms with Crippen LogP contribution in [-0.4, -0.2) is 9.55 Å². The van der Waals surface area contributed by atoms with Gasteiger partial charge < -0.3 is 9.55 Å². The summed E-state index contributed by atoms with van der Waals surface area (Å²) in [5, 5.41) is 0. The van der Waals surface area contributed by atoms with E-state index < -0.39 is 0 Å². The van der Waals surface area contributed by atoms with Gasteiger partial charge in [0.1, 0.15) is 0 Å². The number of nitrogens with zero attached hydrogens (tertiary/aromatic N) is 1. The molecular weight excluding hydrogens is 319 g/mol. The van der Waals surface area contributed by atoms with Gasteiger partial charge in [-0.25, -0.2) is 0 Å². The Labute approximate surface area is 108 Å². The summed E-state index contributed by atoms with van der Waals surface area (Å²) in [6.07, 6.45) is 0. The normalized spacial score (nSPS) is 11.5. The number of benzene rings is 1. The van der Waals surface area contributed by atoms with Gasteiger partial charge in [-0.3, -0.25) is 0 Å². The predicted octanol–water partition coefficient (Wildman–Crippen LogP) is 3.96. The Kier molecular flexibility index (Phi) is 3.16. The highest BCUT2D eigenvalue weighted by Crippen LogP contribution is 2.18. The van der Waals surface area contributed by atoms with E-state index in [-0.39, 0.29) is 0 Å². The third-order valence-corrected chi connectivity index (χ3v) is 3.28. The minimum atomic E-state index is 0.606. The Bertz CT molecular complexity index is 539. The van der Waals surface area contributed by atoms with Crippen LogP contribution in [0.4, 0.5) is 0 Å². The van der Waals surface area contributed by atoms with Crippen LogP contribution in [0.25, 0.3) is 11.0 Å². The summed E-state index contributed by atoms with van der Waals surface area (Å²) >= 11 is 7.63. The molecule has 1 heterocycles. The second-order valence-electron chi connectivity index (χ2n) is 4.10. The van der Waals surface area contributed by atoms with Gasteiger partial charge in [0.25, 0.3) is 0 Å². The van der Waals surface area contributed by atoms with Crippen molar-refractivity contribution in [2.45, 2.75) is 20.4 Å². The molecule has 0 atom stereocenters. The second-order valence-corrected chi connectivity index (χ2v) is 5.73. The van der Waals surface area contributed by atoms with Gasteiger partial charge in [0.15, 0.2) is 4.77 Å². The molecule has 1 aromatic carbocycles. The molecule has 0 fully saturated rings. The number of H-pyrrole nitrogens is 1. The number of hydrogen-bond donors (Lipinski definition) is 1. The summed E-state index contributed by atoms with van der Waals surface area (Å²) in [6, 6.07) is 6.37. The molecule has 2 nitrogen and oxygen atoms in total. The zero-order valence-corrected chi connectivity index (χ0v) is 11.7. The second kappa shape index (κ2) is 4.25. The molecule has 2 aromatic rings. The van der Waals surface area contributed by atoms with E-state index in [4.69, 9.17) is 12.2 Å². The highest BCUT2D eigenvalue weighted by molar-refractivity contribution is 14.1. The van der Waals surface area contributed by atoms with Crippen LogP contribution in [0.3, 0.4) is 0 Å². The minimum Gasteiger partial charge on any atom is -0.331 e. The van der Waals surface area contributed by atoms with Crippen molar-refractivity contribution in [3.05, 3.63) is 26.5 Å². The van der Waals surface area contributed by atoms with Gasteiger partial charge >= 0.3 is 0 Å². The summed E-state index contributed by atoms with van der Waals surface area (Å²) in [5.74, 6) is 0.606. The van der Waals surface area contributed by atoms with Crippen molar-refractivity contribution in [2.75, 3.05) is 0 Å². The molecule has 0 radical (unpaired) electrons. The van der Waals surface area contributed by atoms with Crippen LogP contribution in [0.5, 0.6) is 0 Å². The van der Waals surface area contributed by atoms with Crippen molar-refractivity contribution in [3.63, 3.8) is 0 Å². The standard InChI is InChI=1S/C11H13IN2S/c1-7(2)6-14-10-4-3-8(12)5-9(10)13-11(14)15/h3-5,7H,6H2,1-2H3,(H,13,15). The monoisotopic (exact) mass is 332 g/mol. The summed E-state index contributed by atoms with van der Waals surface area (Å²) in [5.41, 5.74) is 2.33. The average molecular weight is 332 g/mol. The first kappa shape index (κ1) is 11.1. The zero-order chi connectivity index (χ0) is 11.0. The molecule has 0 saturated carbocycles. The van der Waals surface area contributed by atoms with E-state index in [0.717, 1.165) is 16.8 Å². The van der Waals surface area contributed by atoms with Crippen molar-refractivity contribution in [3.8, 4) is 0 Å². The molecular formula is C11H13IN2S. The van der Waals surface area contributed by atoms with Crippen LogP contribution in [0.15, 0.2) is 18.2 Å². The van der Waals surface area contributed by atoms with Crippen molar-refractivity contribution in [2.24, 2.45) is 5.92 Å². The molecule has 0 bridgehead atoms. The minimum absolute atomic E-state index is 0.606.